The number of carboxylic acids is 1. The molecule has 0 aliphatic rings. The number of benzene rings is 1. The zero-order valence-corrected chi connectivity index (χ0v) is 13.9. The fourth-order valence-electron chi connectivity index (χ4n) is 2.23. The van der Waals surface area contributed by atoms with Gasteiger partial charge in [-0.05, 0) is 6.07 Å². The van der Waals surface area contributed by atoms with Gasteiger partial charge in [0.15, 0.2) is 23.4 Å². The van der Waals surface area contributed by atoms with Crippen LogP contribution in [0.1, 0.15) is 11.3 Å². The molecule has 0 aliphatic carbocycles. The van der Waals surface area contributed by atoms with Gasteiger partial charge >= 0.3 is 5.97 Å². The van der Waals surface area contributed by atoms with Crippen LogP contribution in [0.3, 0.4) is 0 Å². The minimum Gasteiger partial charge on any atom is -0.493 e. The van der Waals surface area contributed by atoms with E-state index in [1.807, 2.05) is 0 Å². The number of aliphatic carboxylic acids is 1. The molecular formula is C15H15F3O5S. The fourth-order valence-corrected chi connectivity index (χ4v) is 3.30. The Morgan fingerprint density at radius 3 is 2.46 bits per heavy atom. The number of alkyl halides is 2. The highest BCUT2D eigenvalue weighted by Gasteiger charge is 2.39. The molecule has 0 radical (unpaired) electrons. The van der Waals surface area contributed by atoms with Gasteiger partial charge in [-0.1, -0.05) is 0 Å². The Morgan fingerprint density at radius 1 is 1.29 bits per heavy atom. The Balaban J connectivity index is 2.50. The van der Waals surface area contributed by atoms with Gasteiger partial charge in [0.25, 0.3) is 5.92 Å². The Hall–Kier alpha value is -2.00. The fraction of sp³-hybridized carbons (Fsp3) is 0.400. The third kappa shape index (κ3) is 3.27. The van der Waals surface area contributed by atoms with Gasteiger partial charge in [-0.15, -0.1) is 11.3 Å². The van der Waals surface area contributed by atoms with Crippen LogP contribution in [0.25, 0.3) is 10.1 Å². The lowest BCUT2D eigenvalue weighted by Gasteiger charge is -2.18. The Labute approximate surface area is 139 Å². The second-order valence-corrected chi connectivity index (χ2v) is 6.00. The summed E-state index contributed by atoms with van der Waals surface area (Å²) in [5, 5.41) is 8.81. The summed E-state index contributed by atoms with van der Waals surface area (Å²) in [6.45, 7) is 0. The van der Waals surface area contributed by atoms with Crippen molar-refractivity contribution in [2.75, 3.05) is 21.3 Å². The van der Waals surface area contributed by atoms with E-state index in [0.29, 0.717) is 11.3 Å². The number of methoxy groups -OCH3 is 3. The van der Waals surface area contributed by atoms with E-state index in [0.717, 1.165) is 13.2 Å². The average Bonchev–Trinajstić information content (AvgIpc) is 2.97. The highest BCUT2D eigenvalue weighted by atomic mass is 32.1. The van der Waals surface area contributed by atoms with Crippen LogP contribution in [0.5, 0.6) is 11.5 Å². The molecule has 2 rings (SSSR count). The molecule has 0 spiro atoms. The number of hydrogen-bond acceptors (Lipinski definition) is 5. The molecule has 24 heavy (non-hydrogen) atoms. The van der Waals surface area contributed by atoms with Crippen molar-refractivity contribution < 1.29 is 37.3 Å². The average molecular weight is 364 g/mol. The summed E-state index contributed by atoms with van der Waals surface area (Å²) in [6, 6.07) is 2.39. The summed E-state index contributed by atoms with van der Waals surface area (Å²) in [5.41, 5.74) is 0. The molecule has 1 heterocycles. The van der Waals surface area contributed by atoms with Crippen molar-refractivity contribution >= 4 is 27.4 Å². The van der Waals surface area contributed by atoms with Gasteiger partial charge < -0.3 is 19.3 Å². The molecule has 0 aliphatic heterocycles. The number of carbonyl (C=O) groups is 1. The SMILES string of the molecule is COc1cc2sc(C(F)(F)C[C@H](OC)C(=O)O)cc2c(F)c1OC. The topological polar surface area (TPSA) is 65.0 Å². The molecule has 9 heteroatoms. The van der Waals surface area contributed by atoms with E-state index in [-0.39, 0.29) is 21.6 Å². The summed E-state index contributed by atoms with van der Waals surface area (Å²) >= 11 is 0.657. The van der Waals surface area contributed by atoms with Gasteiger partial charge in [-0.25, -0.2) is 18.0 Å². The summed E-state index contributed by atoms with van der Waals surface area (Å²) in [5.74, 6) is -5.90. The van der Waals surface area contributed by atoms with Crippen LogP contribution in [0.4, 0.5) is 13.2 Å². The van der Waals surface area contributed by atoms with Gasteiger partial charge in [0, 0.05) is 23.3 Å². The van der Waals surface area contributed by atoms with E-state index in [9.17, 15) is 18.0 Å². The first kappa shape index (κ1) is 18.3. The molecule has 2 aromatic rings. The summed E-state index contributed by atoms with van der Waals surface area (Å²) in [6.07, 6.45) is -2.72. The third-order valence-electron chi connectivity index (χ3n) is 3.47. The van der Waals surface area contributed by atoms with Crippen LogP contribution in [0.2, 0.25) is 0 Å². The molecule has 1 aromatic carbocycles. The predicted molar refractivity (Wildman–Crippen MR) is 81.8 cm³/mol. The van der Waals surface area contributed by atoms with E-state index in [4.69, 9.17) is 14.6 Å². The van der Waals surface area contributed by atoms with E-state index in [2.05, 4.69) is 4.74 Å². The van der Waals surface area contributed by atoms with E-state index in [1.165, 1.54) is 20.3 Å². The largest absolute Gasteiger partial charge is 0.493 e. The number of hydrogen-bond donors (Lipinski definition) is 1. The molecule has 5 nitrogen and oxygen atoms in total. The van der Waals surface area contributed by atoms with Crippen LogP contribution in [-0.2, 0) is 15.5 Å². The summed E-state index contributed by atoms with van der Waals surface area (Å²) in [7, 11) is 3.59. The number of thiophene rings is 1. The zero-order chi connectivity index (χ0) is 18.1. The van der Waals surface area contributed by atoms with E-state index in [1.54, 1.807) is 0 Å². The highest BCUT2D eigenvalue weighted by molar-refractivity contribution is 7.19. The quantitative estimate of drug-likeness (QED) is 0.813. The van der Waals surface area contributed by atoms with Crippen molar-refractivity contribution in [1.82, 2.24) is 0 Å². The van der Waals surface area contributed by atoms with Gasteiger partial charge in [0.05, 0.1) is 25.5 Å². The first-order chi connectivity index (χ1) is 11.2. The lowest BCUT2D eigenvalue weighted by atomic mass is 10.1. The smallest absolute Gasteiger partial charge is 0.333 e. The normalized spacial score (nSPS) is 13.1. The minimum atomic E-state index is -3.49. The van der Waals surface area contributed by atoms with Crippen molar-refractivity contribution in [1.29, 1.82) is 0 Å². The van der Waals surface area contributed by atoms with Crippen LogP contribution in [-0.4, -0.2) is 38.5 Å². The lowest BCUT2D eigenvalue weighted by Crippen LogP contribution is -2.29. The number of rotatable bonds is 7. The minimum absolute atomic E-state index is 0.0448. The molecule has 0 amide bonds. The third-order valence-corrected chi connectivity index (χ3v) is 4.66. The lowest BCUT2D eigenvalue weighted by molar-refractivity contribution is -0.155. The van der Waals surface area contributed by atoms with Crippen LogP contribution in [0, 0.1) is 5.82 Å². The van der Waals surface area contributed by atoms with E-state index >= 15 is 0 Å². The monoisotopic (exact) mass is 364 g/mol. The second-order valence-electron chi connectivity index (χ2n) is 4.92. The molecule has 0 fully saturated rings. The molecule has 0 saturated heterocycles. The second kappa shape index (κ2) is 6.86. The number of fused-ring (bicyclic) bond motifs is 1. The summed E-state index contributed by atoms with van der Waals surface area (Å²) in [4.78, 5) is 10.4. The van der Waals surface area contributed by atoms with Crippen molar-refractivity contribution in [3.8, 4) is 11.5 Å². The van der Waals surface area contributed by atoms with Crippen LogP contribution < -0.4 is 9.47 Å². The van der Waals surface area contributed by atoms with Gasteiger partial charge in [0.2, 0.25) is 0 Å². The van der Waals surface area contributed by atoms with Crippen molar-refractivity contribution in [3.63, 3.8) is 0 Å². The van der Waals surface area contributed by atoms with E-state index < -0.39 is 35.1 Å². The predicted octanol–water partition coefficient (Wildman–Crippen LogP) is 3.64. The number of halogens is 3. The molecule has 0 saturated carbocycles. The Kier molecular flexibility index (Phi) is 5.24. The zero-order valence-electron chi connectivity index (χ0n) is 13.1. The molecule has 1 aromatic heterocycles. The van der Waals surface area contributed by atoms with Gasteiger partial charge in [-0.3, -0.25) is 0 Å². The van der Waals surface area contributed by atoms with Crippen LogP contribution in [0.15, 0.2) is 12.1 Å². The number of carboxylic acid groups (broad SMARTS) is 1. The first-order valence-electron chi connectivity index (χ1n) is 6.73. The highest BCUT2D eigenvalue weighted by Crippen LogP contribution is 2.45. The molecular weight excluding hydrogens is 349 g/mol. The van der Waals surface area contributed by atoms with Crippen molar-refractivity contribution in [2.24, 2.45) is 0 Å². The van der Waals surface area contributed by atoms with Crippen molar-refractivity contribution in [2.45, 2.75) is 18.4 Å². The van der Waals surface area contributed by atoms with Gasteiger partial charge in [0.1, 0.15) is 0 Å². The van der Waals surface area contributed by atoms with Gasteiger partial charge in [-0.2, -0.15) is 0 Å². The maximum absolute atomic E-state index is 14.4. The van der Waals surface area contributed by atoms with Crippen molar-refractivity contribution in [3.05, 3.63) is 22.8 Å². The molecule has 132 valence electrons. The molecule has 1 N–H and O–H groups in total. The maximum atomic E-state index is 14.4. The molecule has 0 unspecified atom stereocenters. The first-order valence-corrected chi connectivity index (χ1v) is 7.54. The Bertz CT molecular complexity index is 759. The molecule has 1 atom stereocenters. The summed E-state index contributed by atoms with van der Waals surface area (Å²) < 4.78 is 57.8. The Morgan fingerprint density at radius 2 is 1.96 bits per heavy atom. The van der Waals surface area contributed by atoms with Crippen LogP contribution >= 0.6 is 11.3 Å². The maximum Gasteiger partial charge on any atom is 0.333 e. The number of ether oxygens (including phenoxy) is 3. The standard InChI is InChI=1S/C15H15F3O5S/c1-21-8-5-10-7(12(16)13(8)23-3)4-11(24-10)15(17,18)6-9(22-2)14(19)20/h4-5,9H,6H2,1-3H3,(H,19,20)/t9-/m0/s1. The molecule has 0 bridgehead atoms.